The standard InChI is InChI=1S/C14H12O2.H3N/c15-14(16)10-11-6-8-13(9-7-11)12-4-2-1-3-5-12;/h1-9H,10H2,(H,15,16);1H3. The average molecular weight is 229 g/mol. The maximum absolute atomic E-state index is 10.5. The lowest BCUT2D eigenvalue weighted by Gasteiger charge is -2.02. The third-order valence-corrected chi connectivity index (χ3v) is 2.42. The number of carboxylic acid groups (broad SMARTS) is 1. The Bertz CT molecular complexity index is 477. The summed E-state index contributed by atoms with van der Waals surface area (Å²) in [6.45, 7) is 0. The van der Waals surface area contributed by atoms with Gasteiger partial charge in [-0.1, -0.05) is 54.6 Å². The van der Waals surface area contributed by atoms with Crippen LogP contribution >= 0.6 is 0 Å². The lowest BCUT2D eigenvalue weighted by molar-refractivity contribution is -0.136. The first kappa shape index (κ1) is 12.9. The summed E-state index contributed by atoms with van der Waals surface area (Å²) in [6, 6.07) is 17.6. The van der Waals surface area contributed by atoms with Gasteiger partial charge in [-0.05, 0) is 16.7 Å². The monoisotopic (exact) mass is 229 g/mol. The normalized spacial score (nSPS) is 9.41. The number of hydrogen-bond donors (Lipinski definition) is 2. The molecule has 0 unspecified atom stereocenters. The van der Waals surface area contributed by atoms with Crippen molar-refractivity contribution in [1.82, 2.24) is 6.15 Å². The van der Waals surface area contributed by atoms with Gasteiger partial charge in [-0.25, -0.2) is 0 Å². The molecule has 0 aliphatic carbocycles. The molecule has 0 aliphatic heterocycles. The van der Waals surface area contributed by atoms with Crippen molar-refractivity contribution >= 4 is 5.97 Å². The fraction of sp³-hybridized carbons (Fsp3) is 0.0714. The Morgan fingerprint density at radius 2 is 1.41 bits per heavy atom. The van der Waals surface area contributed by atoms with Crippen LogP contribution in [0.25, 0.3) is 11.1 Å². The van der Waals surface area contributed by atoms with Crippen molar-refractivity contribution in [2.24, 2.45) is 0 Å². The van der Waals surface area contributed by atoms with E-state index >= 15 is 0 Å². The molecule has 0 bridgehead atoms. The van der Waals surface area contributed by atoms with E-state index in [-0.39, 0.29) is 12.6 Å². The van der Waals surface area contributed by atoms with E-state index in [1.54, 1.807) is 0 Å². The fourth-order valence-electron chi connectivity index (χ4n) is 1.62. The van der Waals surface area contributed by atoms with E-state index in [2.05, 4.69) is 0 Å². The molecular weight excluding hydrogens is 214 g/mol. The van der Waals surface area contributed by atoms with Crippen LogP contribution < -0.4 is 6.15 Å². The first-order valence-corrected chi connectivity index (χ1v) is 5.12. The Morgan fingerprint density at radius 3 is 1.94 bits per heavy atom. The zero-order valence-corrected chi connectivity index (χ0v) is 9.47. The molecule has 0 amide bonds. The summed E-state index contributed by atoms with van der Waals surface area (Å²) >= 11 is 0. The van der Waals surface area contributed by atoms with E-state index in [0.717, 1.165) is 16.7 Å². The van der Waals surface area contributed by atoms with Crippen molar-refractivity contribution in [3.05, 3.63) is 60.2 Å². The van der Waals surface area contributed by atoms with Crippen LogP contribution in [-0.2, 0) is 11.2 Å². The van der Waals surface area contributed by atoms with Gasteiger partial charge in [-0.2, -0.15) is 0 Å². The zero-order chi connectivity index (χ0) is 11.4. The van der Waals surface area contributed by atoms with E-state index in [9.17, 15) is 4.79 Å². The van der Waals surface area contributed by atoms with Crippen LogP contribution in [0.15, 0.2) is 54.6 Å². The quantitative estimate of drug-likeness (QED) is 0.849. The maximum Gasteiger partial charge on any atom is 0.307 e. The zero-order valence-electron chi connectivity index (χ0n) is 9.47. The first-order valence-electron chi connectivity index (χ1n) is 5.12. The molecule has 3 heteroatoms. The topological polar surface area (TPSA) is 72.3 Å². The van der Waals surface area contributed by atoms with Gasteiger partial charge in [-0.15, -0.1) is 0 Å². The first-order chi connectivity index (χ1) is 7.75. The van der Waals surface area contributed by atoms with Gasteiger partial charge >= 0.3 is 5.97 Å². The molecule has 4 N–H and O–H groups in total. The van der Waals surface area contributed by atoms with Crippen LogP contribution in [0.5, 0.6) is 0 Å². The third-order valence-electron chi connectivity index (χ3n) is 2.42. The predicted octanol–water partition coefficient (Wildman–Crippen LogP) is 3.14. The van der Waals surface area contributed by atoms with Gasteiger partial charge in [0.05, 0.1) is 6.42 Å². The van der Waals surface area contributed by atoms with Gasteiger partial charge in [0, 0.05) is 0 Å². The van der Waals surface area contributed by atoms with E-state index in [1.165, 1.54) is 0 Å². The Labute approximate surface area is 100 Å². The minimum atomic E-state index is -0.799. The molecular formula is C14H15NO2. The molecule has 2 rings (SSSR count). The molecule has 2 aromatic carbocycles. The van der Waals surface area contributed by atoms with E-state index < -0.39 is 5.97 Å². The van der Waals surface area contributed by atoms with Gasteiger partial charge < -0.3 is 11.3 Å². The molecule has 0 heterocycles. The van der Waals surface area contributed by atoms with Gasteiger partial charge in [-0.3, -0.25) is 4.79 Å². The molecule has 0 saturated heterocycles. The highest BCUT2D eigenvalue weighted by molar-refractivity contribution is 5.71. The lowest BCUT2D eigenvalue weighted by atomic mass is 10.0. The summed E-state index contributed by atoms with van der Waals surface area (Å²) < 4.78 is 0. The van der Waals surface area contributed by atoms with Crippen molar-refractivity contribution < 1.29 is 9.90 Å². The minimum Gasteiger partial charge on any atom is -0.481 e. The molecule has 0 spiro atoms. The molecule has 0 saturated carbocycles. The van der Waals surface area contributed by atoms with Crippen LogP contribution in [0.3, 0.4) is 0 Å². The van der Waals surface area contributed by atoms with Crippen LogP contribution in [0, 0.1) is 0 Å². The Hall–Kier alpha value is -2.13. The molecule has 2 aromatic rings. The summed E-state index contributed by atoms with van der Waals surface area (Å²) in [7, 11) is 0. The van der Waals surface area contributed by atoms with Gasteiger partial charge in [0.25, 0.3) is 0 Å². The van der Waals surface area contributed by atoms with Crippen LogP contribution in [-0.4, -0.2) is 11.1 Å². The van der Waals surface area contributed by atoms with E-state index in [0.29, 0.717) is 0 Å². The predicted molar refractivity (Wildman–Crippen MR) is 68.2 cm³/mol. The number of carboxylic acids is 1. The summed E-state index contributed by atoms with van der Waals surface area (Å²) in [5.74, 6) is -0.799. The second-order valence-electron chi connectivity index (χ2n) is 3.63. The molecule has 88 valence electrons. The molecule has 0 aliphatic rings. The van der Waals surface area contributed by atoms with Crippen LogP contribution in [0.4, 0.5) is 0 Å². The molecule has 0 atom stereocenters. The average Bonchev–Trinajstić information content (AvgIpc) is 2.30. The fourth-order valence-corrected chi connectivity index (χ4v) is 1.62. The summed E-state index contributed by atoms with van der Waals surface area (Å²) in [5, 5.41) is 8.65. The third kappa shape index (κ3) is 3.43. The number of benzene rings is 2. The Kier molecular flexibility index (Phi) is 4.43. The molecule has 0 radical (unpaired) electrons. The minimum absolute atomic E-state index is 0. The molecule has 0 fully saturated rings. The van der Waals surface area contributed by atoms with Gasteiger partial charge in [0.15, 0.2) is 0 Å². The van der Waals surface area contributed by atoms with E-state index in [4.69, 9.17) is 5.11 Å². The largest absolute Gasteiger partial charge is 0.481 e. The van der Waals surface area contributed by atoms with Crippen molar-refractivity contribution in [2.75, 3.05) is 0 Å². The second kappa shape index (κ2) is 5.82. The second-order valence-corrected chi connectivity index (χ2v) is 3.63. The number of carbonyl (C=O) groups is 1. The number of hydrogen-bond acceptors (Lipinski definition) is 2. The Balaban J connectivity index is 0.00000144. The van der Waals surface area contributed by atoms with Crippen molar-refractivity contribution in [3.63, 3.8) is 0 Å². The highest BCUT2D eigenvalue weighted by Crippen LogP contribution is 2.19. The van der Waals surface area contributed by atoms with Crippen molar-refractivity contribution in [2.45, 2.75) is 6.42 Å². The molecule has 3 nitrogen and oxygen atoms in total. The van der Waals surface area contributed by atoms with Gasteiger partial charge in [0.2, 0.25) is 0 Å². The molecule has 17 heavy (non-hydrogen) atoms. The van der Waals surface area contributed by atoms with Crippen LogP contribution in [0.2, 0.25) is 0 Å². The van der Waals surface area contributed by atoms with Crippen molar-refractivity contribution in [1.29, 1.82) is 0 Å². The summed E-state index contributed by atoms with van der Waals surface area (Å²) in [4.78, 5) is 10.5. The Morgan fingerprint density at radius 1 is 0.882 bits per heavy atom. The van der Waals surface area contributed by atoms with Gasteiger partial charge in [0.1, 0.15) is 0 Å². The van der Waals surface area contributed by atoms with Crippen molar-refractivity contribution in [3.8, 4) is 11.1 Å². The SMILES string of the molecule is N.O=C(O)Cc1ccc(-c2ccccc2)cc1. The highest BCUT2D eigenvalue weighted by Gasteiger charge is 2.01. The highest BCUT2D eigenvalue weighted by atomic mass is 16.4. The molecule has 0 aromatic heterocycles. The van der Waals surface area contributed by atoms with E-state index in [1.807, 2.05) is 54.6 Å². The smallest absolute Gasteiger partial charge is 0.307 e. The lowest BCUT2D eigenvalue weighted by Crippen LogP contribution is -1.99. The maximum atomic E-state index is 10.5. The number of rotatable bonds is 3. The summed E-state index contributed by atoms with van der Waals surface area (Å²) in [6.07, 6.45) is 0.0784. The summed E-state index contributed by atoms with van der Waals surface area (Å²) in [5.41, 5.74) is 3.08. The number of aliphatic carboxylic acids is 1. The van der Waals surface area contributed by atoms with Crippen LogP contribution in [0.1, 0.15) is 5.56 Å².